The molecule has 4 fully saturated rings. The molecule has 0 aromatic rings. The Bertz CT molecular complexity index is 209. The van der Waals surface area contributed by atoms with Crippen molar-refractivity contribution in [1.29, 1.82) is 0 Å². The minimum atomic E-state index is -0.512. The molecule has 4 aliphatic rings. The minimum absolute atomic E-state index is 0.190. The van der Waals surface area contributed by atoms with Crippen molar-refractivity contribution in [2.24, 2.45) is 23.2 Å². The minimum Gasteiger partial charge on any atom is -0.481 e. The lowest BCUT2D eigenvalue weighted by Gasteiger charge is -2.01. The smallest absolute Gasteiger partial charge is 0.310 e. The molecule has 4 rings (SSSR count). The van der Waals surface area contributed by atoms with Crippen LogP contribution in [0.5, 0.6) is 0 Å². The Morgan fingerprint density at radius 2 is 2.00 bits per heavy atom. The third kappa shape index (κ3) is 0.297. The van der Waals surface area contributed by atoms with Crippen molar-refractivity contribution < 1.29 is 9.90 Å². The zero-order valence-electron chi connectivity index (χ0n) is 5.71. The highest BCUT2D eigenvalue weighted by atomic mass is 16.4. The van der Waals surface area contributed by atoms with Crippen molar-refractivity contribution in [1.82, 2.24) is 0 Å². The fraction of sp³-hybridized carbons (Fsp3) is 0.875. The van der Waals surface area contributed by atoms with Crippen LogP contribution in [-0.4, -0.2) is 11.1 Å². The van der Waals surface area contributed by atoms with Crippen molar-refractivity contribution in [3.63, 3.8) is 0 Å². The molecule has 10 heavy (non-hydrogen) atoms. The van der Waals surface area contributed by atoms with Crippen molar-refractivity contribution in [2.75, 3.05) is 0 Å². The molecule has 2 heteroatoms. The molecule has 2 nitrogen and oxygen atoms in total. The van der Waals surface area contributed by atoms with Crippen molar-refractivity contribution >= 4 is 5.97 Å². The van der Waals surface area contributed by atoms with E-state index in [1.165, 1.54) is 12.8 Å². The van der Waals surface area contributed by atoms with Gasteiger partial charge < -0.3 is 5.11 Å². The van der Waals surface area contributed by atoms with Crippen LogP contribution in [-0.2, 0) is 4.79 Å². The lowest BCUT2D eigenvalue weighted by atomic mass is 10.1. The average Bonchev–Trinajstić information content (AvgIpc) is 2.42. The molecular weight excluding hydrogens is 128 g/mol. The van der Waals surface area contributed by atoms with Gasteiger partial charge in [-0.15, -0.1) is 0 Å². The van der Waals surface area contributed by atoms with Crippen LogP contribution in [0.2, 0.25) is 0 Å². The van der Waals surface area contributed by atoms with E-state index in [0.717, 1.165) is 12.3 Å². The molecule has 4 atom stereocenters. The monoisotopic (exact) mass is 138 g/mol. The maximum atomic E-state index is 10.8. The van der Waals surface area contributed by atoms with Crippen LogP contribution in [0.3, 0.4) is 0 Å². The van der Waals surface area contributed by atoms with Gasteiger partial charge in [0.2, 0.25) is 0 Å². The molecule has 4 bridgehead atoms. The van der Waals surface area contributed by atoms with E-state index >= 15 is 0 Å². The van der Waals surface area contributed by atoms with Gasteiger partial charge in [0.05, 0.1) is 5.41 Å². The zero-order chi connectivity index (χ0) is 6.93. The molecule has 0 spiro atoms. The van der Waals surface area contributed by atoms with E-state index in [0.29, 0.717) is 11.8 Å². The summed E-state index contributed by atoms with van der Waals surface area (Å²) in [4.78, 5) is 10.8. The van der Waals surface area contributed by atoms with E-state index < -0.39 is 5.97 Å². The molecule has 0 amide bonds. The predicted octanol–water partition coefficient (Wildman–Crippen LogP) is 1.12. The van der Waals surface area contributed by atoms with Gasteiger partial charge in [-0.25, -0.2) is 0 Å². The van der Waals surface area contributed by atoms with Crippen molar-refractivity contribution in [2.45, 2.75) is 19.3 Å². The normalized spacial score (nSPS) is 61.0. The van der Waals surface area contributed by atoms with Crippen LogP contribution in [0.25, 0.3) is 0 Å². The second-order valence-electron chi connectivity index (χ2n) is 4.10. The number of rotatable bonds is 1. The highest BCUT2D eigenvalue weighted by molar-refractivity contribution is 5.81. The lowest BCUT2D eigenvalue weighted by Crippen LogP contribution is -2.14. The number of aliphatic carboxylic acids is 1. The zero-order valence-corrected chi connectivity index (χ0v) is 5.71. The topological polar surface area (TPSA) is 37.3 Å². The first-order valence-corrected chi connectivity index (χ1v) is 3.98. The molecule has 1 N–H and O–H groups in total. The van der Waals surface area contributed by atoms with E-state index in [4.69, 9.17) is 5.11 Å². The number of carbonyl (C=O) groups is 1. The van der Waals surface area contributed by atoms with E-state index in [-0.39, 0.29) is 5.41 Å². The second-order valence-corrected chi connectivity index (χ2v) is 4.10. The maximum Gasteiger partial charge on any atom is 0.310 e. The van der Waals surface area contributed by atoms with Gasteiger partial charge in [-0.3, -0.25) is 4.79 Å². The Morgan fingerprint density at radius 1 is 1.40 bits per heavy atom. The summed E-state index contributed by atoms with van der Waals surface area (Å²) in [7, 11) is 0. The van der Waals surface area contributed by atoms with Gasteiger partial charge in [0.15, 0.2) is 0 Å². The summed E-state index contributed by atoms with van der Waals surface area (Å²) in [6.45, 7) is 0. The van der Waals surface area contributed by atoms with Crippen LogP contribution in [0.15, 0.2) is 0 Å². The Balaban J connectivity index is 2.06. The van der Waals surface area contributed by atoms with Gasteiger partial charge in [0.1, 0.15) is 0 Å². The third-order valence-electron chi connectivity index (χ3n) is 3.90. The fourth-order valence-electron chi connectivity index (χ4n) is 3.52. The first kappa shape index (κ1) is 5.16. The highest BCUT2D eigenvalue weighted by Crippen LogP contribution is 2.79. The summed E-state index contributed by atoms with van der Waals surface area (Å²) in [5, 5.41) is 8.91. The van der Waals surface area contributed by atoms with Gasteiger partial charge in [-0.1, -0.05) is 0 Å². The van der Waals surface area contributed by atoms with E-state index in [1.54, 1.807) is 0 Å². The van der Waals surface area contributed by atoms with E-state index in [1.807, 2.05) is 0 Å². The van der Waals surface area contributed by atoms with E-state index in [9.17, 15) is 4.79 Å². The molecule has 4 aliphatic carbocycles. The van der Waals surface area contributed by atoms with Crippen LogP contribution in [0.1, 0.15) is 19.3 Å². The molecule has 0 heterocycles. The highest BCUT2D eigenvalue weighted by Gasteiger charge is 2.78. The van der Waals surface area contributed by atoms with Crippen LogP contribution in [0, 0.1) is 23.2 Å². The standard InChI is InChI=1S/C8H10O2/c9-7(10)8-3-4-1-5(8)6(8)2-4/h4-6H,1-3H2,(H,9,10)/t4?,5-,6?,8?/m0/s1. The van der Waals surface area contributed by atoms with Gasteiger partial charge in [0, 0.05) is 0 Å². The Labute approximate surface area is 59.2 Å². The molecule has 0 radical (unpaired) electrons. The van der Waals surface area contributed by atoms with Gasteiger partial charge in [-0.2, -0.15) is 0 Å². The quantitative estimate of drug-likeness (QED) is 0.589. The first-order valence-electron chi connectivity index (χ1n) is 3.98. The predicted molar refractivity (Wildman–Crippen MR) is 34.4 cm³/mol. The Hall–Kier alpha value is -0.530. The van der Waals surface area contributed by atoms with Gasteiger partial charge >= 0.3 is 5.97 Å². The Morgan fingerprint density at radius 3 is 2.20 bits per heavy atom. The third-order valence-corrected chi connectivity index (χ3v) is 3.90. The number of carboxylic acids is 1. The molecule has 3 unspecified atom stereocenters. The summed E-state index contributed by atoms with van der Waals surface area (Å²) in [5.74, 6) is 1.46. The molecule has 0 aromatic heterocycles. The van der Waals surface area contributed by atoms with Crippen LogP contribution < -0.4 is 0 Å². The SMILES string of the molecule is O=C(O)C12CC3CC1[C@@H]2C3. The Kier molecular flexibility index (Phi) is 0.582. The number of hydrogen-bond acceptors (Lipinski definition) is 1. The van der Waals surface area contributed by atoms with Gasteiger partial charge in [0.25, 0.3) is 0 Å². The molecule has 0 aromatic carbocycles. The summed E-state index contributed by atoms with van der Waals surface area (Å²) in [6.07, 6.45) is 3.44. The molecule has 0 aliphatic heterocycles. The second kappa shape index (κ2) is 1.13. The summed E-state index contributed by atoms with van der Waals surface area (Å²) in [5.41, 5.74) is -0.190. The fourth-order valence-corrected chi connectivity index (χ4v) is 3.52. The van der Waals surface area contributed by atoms with Crippen LogP contribution >= 0.6 is 0 Å². The first-order chi connectivity index (χ1) is 4.75. The van der Waals surface area contributed by atoms with Crippen LogP contribution in [0.4, 0.5) is 0 Å². The molecule has 54 valence electrons. The summed E-state index contributed by atoms with van der Waals surface area (Å²) in [6, 6.07) is 0. The summed E-state index contributed by atoms with van der Waals surface area (Å²) >= 11 is 0. The number of carboxylic acid groups (broad SMARTS) is 1. The lowest BCUT2D eigenvalue weighted by molar-refractivity contribution is -0.143. The maximum absolute atomic E-state index is 10.8. The largest absolute Gasteiger partial charge is 0.481 e. The molecular formula is C8H10O2. The van der Waals surface area contributed by atoms with Crippen molar-refractivity contribution in [3.05, 3.63) is 0 Å². The van der Waals surface area contributed by atoms with Gasteiger partial charge in [-0.05, 0) is 37.0 Å². The molecule has 4 saturated carbocycles. The van der Waals surface area contributed by atoms with Crippen molar-refractivity contribution in [3.8, 4) is 0 Å². The number of hydrogen-bond donors (Lipinski definition) is 1. The van der Waals surface area contributed by atoms with E-state index in [2.05, 4.69) is 0 Å². The average molecular weight is 138 g/mol. The summed E-state index contributed by atoms with van der Waals surface area (Å²) < 4.78 is 0. The molecule has 0 saturated heterocycles.